The molecule has 0 atom stereocenters. The van der Waals surface area contributed by atoms with Crippen molar-refractivity contribution < 1.29 is 19.0 Å². The first kappa shape index (κ1) is 11.1. The summed E-state index contributed by atoms with van der Waals surface area (Å²) in [6.45, 7) is 1.07. The molecular formula is C13H13NO4. The Hall–Kier alpha value is -2.00. The molecule has 5 nitrogen and oxygen atoms in total. The van der Waals surface area contributed by atoms with Crippen molar-refractivity contribution in [3.8, 4) is 17.2 Å². The molecule has 18 heavy (non-hydrogen) atoms. The van der Waals surface area contributed by atoms with Gasteiger partial charge in [-0.1, -0.05) is 0 Å². The lowest BCUT2D eigenvalue weighted by Crippen LogP contribution is -2.16. The van der Waals surface area contributed by atoms with E-state index in [9.17, 15) is 4.79 Å². The summed E-state index contributed by atoms with van der Waals surface area (Å²) in [5.74, 6) is 2.04. The highest BCUT2D eigenvalue weighted by molar-refractivity contribution is 5.56. The molecular weight excluding hydrogens is 234 g/mol. The molecule has 0 amide bonds. The summed E-state index contributed by atoms with van der Waals surface area (Å²) in [4.78, 5) is 14.4. The van der Waals surface area contributed by atoms with Crippen LogP contribution in [0.1, 0.15) is 18.4 Å². The SMILES string of the molecule is COc1cc2c(cc1C1(N=C=O)CC1)OCCO2. The molecule has 1 fully saturated rings. The van der Waals surface area contributed by atoms with E-state index in [-0.39, 0.29) is 0 Å². The van der Waals surface area contributed by atoms with Crippen LogP contribution >= 0.6 is 0 Å². The van der Waals surface area contributed by atoms with Gasteiger partial charge in [-0.05, 0) is 18.9 Å². The van der Waals surface area contributed by atoms with E-state index in [4.69, 9.17) is 14.2 Å². The van der Waals surface area contributed by atoms with Crippen LogP contribution in [0.15, 0.2) is 17.1 Å². The minimum atomic E-state index is -0.469. The van der Waals surface area contributed by atoms with Gasteiger partial charge in [-0.3, -0.25) is 0 Å². The number of hydrogen-bond donors (Lipinski definition) is 0. The van der Waals surface area contributed by atoms with Crippen LogP contribution in [0.3, 0.4) is 0 Å². The summed E-state index contributed by atoms with van der Waals surface area (Å²) in [6.07, 6.45) is 3.31. The van der Waals surface area contributed by atoms with Gasteiger partial charge in [-0.25, -0.2) is 4.79 Å². The minimum absolute atomic E-state index is 0.469. The number of carbonyl (C=O) groups excluding carboxylic acids is 1. The molecule has 2 aliphatic rings. The van der Waals surface area contributed by atoms with E-state index in [0.29, 0.717) is 30.5 Å². The van der Waals surface area contributed by atoms with E-state index in [0.717, 1.165) is 18.4 Å². The standard InChI is InChI=1S/C13H13NO4/c1-16-10-7-12-11(17-4-5-18-12)6-9(10)13(2-3-13)14-8-15/h6-7H,2-5H2,1H3. The van der Waals surface area contributed by atoms with Crippen molar-refractivity contribution in [3.05, 3.63) is 17.7 Å². The predicted molar refractivity (Wildman–Crippen MR) is 63.0 cm³/mol. The Kier molecular flexibility index (Phi) is 2.49. The zero-order valence-corrected chi connectivity index (χ0v) is 10.1. The van der Waals surface area contributed by atoms with E-state index < -0.39 is 5.54 Å². The number of rotatable bonds is 3. The Morgan fingerprint density at radius 1 is 1.28 bits per heavy atom. The van der Waals surface area contributed by atoms with Crippen LogP contribution in [0, 0.1) is 0 Å². The number of nitrogens with zero attached hydrogens (tertiary/aromatic N) is 1. The number of hydrogen-bond acceptors (Lipinski definition) is 5. The number of ether oxygens (including phenoxy) is 3. The number of fused-ring (bicyclic) bond motifs is 1. The van der Waals surface area contributed by atoms with Crippen molar-refractivity contribution in [2.24, 2.45) is 4.99 Å². The first-order chi connectivity index (χ1) is 8.79. The van der Waals surface area contributed by atoms with Crippen LogP contribution in [0.2, 0.25) is 0 Å². The van der Waals surface area contributed by atoms with Crippen LogP contribution < -0.4 is 14.2 Å². The second kappa shape index (κ2) is 4.03. The van der Waals surface area contributed by atoms with Gasteiger partial charge in [-0.2, -0.15) is 4.99 Å². The Morgan fingerprint density at radius 2 is 1.94 bits per heavy atom. The molecule has 0 bridgehead atoms. The summed E-state index contributed by atoms with van der Waals surface area (Å²) in [7, 11) is 1.59. The maximum Gasteiger partial charge on any atom is 0.235 e. The smallest absolute Gasteiger partial charge is 0.235 e. The third-order valence-corrected chi connectivity index (χ3v) is 3.35. The first-order valence-electron chi connectivity index (χ1n) is 5.86. The quantitative estimate of drug-likeness (QED) is 0.603. The second-order valence-corrected chi connectivity index (χ2v) is 4.43. The molecule has 1 aliphatic carbocycles. The fraction of sp³-hybridized carbons (Fsp3) is 0.462. The summed E-state index contributed by atoms with van der Waals surface area (Å²) in [5, 5.41) is 0. The Morgan fingerprint density at radius 3 is 2.50 bits per heavy atom. The van der Waals surface area contributed by atoms with Crippen molar-refractivity contribution in [1.82, 2.24) is 0 Å². The van der Waals surface area contributed by atoms with Crippen LogP contribution in [0.25, 0.3) is 0 Å². The molecule has 0 aromatic heterocycles. The zero-order chi connectivity index (χ0) is 12.6. The Bertz CT molecular complexity index is 530. The number of benzene rings is 1. The van der Waals surface area contributed by atoms with Gasteiger partial charge < -0.3 is 14.2 Å². The normalized spacial score (nSPS) is 18.7. The lowest BCUT2D eigenvalue weighted by atomic mass is 10.0. The summed E-state index contributed by atoms with van der Waals surface area (Å²) >= 11 is 0. The molecule has 1 aliphatic heterocycles. The molecule has 0 radical (unpaired) electrons. The summed E-state index contributed by atoms with van der Waals surface area (Å²) < 4.78 is 16.4. The fourth-order valence-electron chi connectivity index (χ4n) is 2.25. The average molecular weight is 247 g/mol. The highest BCUT2D eigenvalue weighted by Gasteiger charge is 2.47. The molecule has 3 rings (SSSR count). The zero-order valence-electron chi connectivity index (χ0n) is 10.1. The van der Waals surface area contributed by atoms with Crippen molar-refractivity contribution in [2.45, 2.75) is 18.4 Å². The fourth-order valence-corrected chi connectivity index (χ4v) is 2.25. The predicted octanol–water partition coefficient (Wildman–Crippen LogP) is 1.79. The highest BCUT2D eigenvalue weighted by Crippen LogP contribution is 2.54. The van der Waals surface area contributed by atoms with E-state index in [1.165, 1.54) is 0 Å². The number of aliphatic imine (C=N–C) groups is 1. The average Bonchev–Trinajstić information content (AvgIpc) is 3.18. The first-order valence-corrected chi connectivity index (χ1v) is 5.86. The highest BCUT2D eigenvalue weighted by atomic mass is 16.6. The lowest BCUT2D eigenvalue weighted by Gasteiger charge is -2.22. The van der Waals surface area contributed by atoms with Gasteiger partial charge in [0.1, 0.15) is 24.5 Å². The summed E-state index contributed by atoms with van der Waals surface area (Å²) in [5.41, 5.74) is 0.403. The molecule has 1 aromatic rings. The maximum absolute atomic E-state index is 10.5. The molecule has 1 aromatic carbocycles. The van der Waals surface area contributed by atoms with Crippen LogP contribution in [0.4, 0.5) is 0 Å². The van der Waals surface area contributed by atoms with E-state index in [2.05, 4.69) is 4.99 Å². The van der Waals surface area contributed by atoms with Crippen LogP contribution in [-0.4, -0.2) is 26.4 Å². The lowest BCUT2D eigenvalue weighted by molar-refractivity contribution is 0.170. The largest absolute Gasteiger partial charge is 0.496 e. The number of isocyanates is 1. The van der Waals surface area contributed by atoms with Crippen molar-refractivity contribution in [3.63, 3.8) is 0 Å². The molecule has 5 heteroatoms. The third-order valence-electron chi connectivity index (χ3n) is 3.35. The van der Waals surface area contributed by atoms with Crippen LogP contribution in [-0.2, 0) is 10.3 Å². The van der Waals surface area contributed by atoms with Crippen molar-refractivity contribution in [2.75, 3.05) is 20.3 Å². The van der Waals surface area contributed by atoms with E-state index >= 15 is 0 Å². The topological polar surface area (TPSA) is 57.1 Å². The van der Waals surface area contributed by atoms with Gasteiger partial charge in [0.05, 0.1) is 7.11 Å². The molecule has 1 saturated carbocycles. The Labute approximate surface area is 104 Å². The third kappa shape index (κ3) is 1.64. The molecule has 94 valence electrons. The van der Waals surface area contributed by atoms with Gasteiger partial charge in [0.25, 0.3) is 0 Å². The van der Waals surface area contributed by atoms with E-state index in [1.807, 2.05) is 6.07 Å². The van der Waals surface area contributed by atoms with Gasteiger partial charge in [0.2, 0.25) is 6.08 Å². The molecule has 0 unspecified atom stereocenters. The summed E-state index contributed by atoms with van der Waals surface area (Å²) in [6, 6.07) is 3.66. The van der Waals surface area contributed by atoms with Crippen molar-refractivity contribution >= 4 is 6.08 Å². The van der Waals surface area contributed by atoms with Crippen LogP contribution in [0.5, 0.6) is 17.2 Å². The molecule has 1 heterocycles. The van der Waals surface area contributed by atoms with Gasteiger partial charge in [0, 0.05) is 11.6 Å². The Balaban J connectivity index is 2.10. The van der Waals surface area contributed by atoms with E-state index in [1.54, 1.807) is 19.3 Å². The monoisotopic (exact) mass is 247 g/mol. The minimum Gasteiger partial charge on any atom is -0.496 e. The number of methoxy groups -OCH3 is 1. The van der Waals surface area contributed by atoms with Gasteiger partial charge in [0.15, 0.2) is 11.5 Å². The maximum atomic E-state index is 10.5. The van der Waals surface area contributed by atoms with Gasteiger partial charge in [-0.15, -0.1) is 0 Å². The van der Waals surface area contributed by atoms with Gasteiger partial charge >= 0.3 is 0 Å². The van der Waals surface area contributed by atoms with Crippen molar-refractivity contribution in [1.29, 1.82) is 0 Å². The second-order valence-electron chi connectivity index (χ2n) is 4.43. The molecule has 0 spiro atoms. The molecule has 0 N–H and O–H groups in total. The molecule has 0 saturated heterocycles.